The second kappa shape index (κ2) is 5.25. The Morgan fingerprint density at radius 1 is 1.56 bits per heavy atom. The highest BCUT2D eigenvalue weighted by molar-refractivity contribution is 7.09. The number of nitrogens with zero attached hydrogens (tertiary/aromatic N) is 1. The van der Waals surface area contributed by atoms with Crippen LogP contribution in [0, 0.1) is 6.92 Å². The number of thiazole rings is 1. The van der Waals surface area contributed by atoms with E-state index in [1.54, 1.807) is 11.3 Å². The molecular weight excluding hydrogens is 248 g/mol. The van der Waals surface area contributed by atoms with Crippen LogP contribution in [0.5, 0.6) is 0 Å². The highest BCUT2D eigenvalue weighted by atomic mass is 32.1. The van der Waals surface area contributed by atoms with E-state index in [2.05, 4.69) is 15.7 Å². The first-order valence-electron chi connectivity index (χ1n) is 6.62. The van der Waals surface area contributed by atoms with Crippen LogP contribution in [0.3, 0.4) is 0 Å². The van der Waals surface area contributed by atoms with Crippen LogP contribution < -0.4 is 5.32 Å². The van der Waals surface area contributed by atoms with E-state index in [1.807, 2.05) is 6.92 Å². The standard InChI is InChI=1S/C13H20N2O2S/c1-10-15-12(8-18-10)7-14-11-2-4-17-13(6-11)3-5-16-9-13/h8,11,14H,2-7,9H2,1H3. The fourth-order valence-corrected chi connectivity index (χ4v) is 3.42. The van der Waals surface area contributed by atoms with E-state index in [0.717, 1.165) is 56.3 Å². The summed E-state index contributed by atoms with van der Waals surface area (Å²) in [5.41, 5.74) is 1.15. The van der Waals surface area contributed by atoms with E-state index in [0.29, 0.717) is 6.04 Å². The number of aryl methyl sites for hydroxylation is 1. The Morgan fingerprint density at radius 2 is 2.50 bits per heavy atom. The molecule has 0 amide bonds. The van der Waals surface area contributed by atoms with Crippen molar-refractivity contribution in [3.63, 3.8) is 0 Å². The molecule has 0 aliphatic carbocycles. The molecule has 0 bridgehead atoms. The van der Waals surface area contributed by atoms with Crippen LogP contribution in [0.4, 0.5) is 0 Å². The van der Waals surface area contributed by atoms with Gasteiger partial charge in [0.15, 0.2) is 0 Å². The SMILES string of the molecule is Cc1nc(CNC2CCOC3(CCOC3)C2)cs1. The van der Waals surface area contributed by atoms with Crippen LogP contribution >= 0.6 is 11.3 Å². The van der Waals surface area contributed by atoms with Gasteiger partial charge in [0, 0.05) is 37.6 Å². The van der Waals surface area contributed by atoms with Gasteiger partial charge in [-0.25, -0.2) is 4.98 Å². The summed E-state index contributed by atoms with van der Waals surface area (Å²) < 4.78 is 11.4. The quantitative estimate of drug-likeness (QED) is 0.909. The van der Waals surface area contributed by atoms with Gasteiger partial charge in [0.25, 0.3) is 0 Å². The zero-order valence-corrected chi connectivity index (χ0v) is 11.6. The first kappa shape index (κ1) is 12.5. The van der Waals surface area contributed by atoms with E-state index in [1.165, 1.54) is 0 Å². The molecule has 3 heterocycles. The predicted octanol–water partition coefficient (Wildman–Crippen LogP) is 1.88. The molecule has 2 atom stereocenters. The maximum absolute atomic E-state index is 5.93. The molecule has 2 fully saturated rings. The smallest absolute Gasteiger partial charge is 0.0951 e. The van der Waals surface area contributed by atoms with Crippen LogP contribution in [0.2, 0.25) is 0 Å². The molecule has 0 aromatic carbocycles. The van der Waals surface area contributed by atoms with Gasteiger partial charge in [-0.3, -0.25) is 0 Å². The fourth-order valence-electron chi connectivity index (χ4n) is 2.80. The van der Waals surface area contributed by atoms with Crippen LogP contribution in [-0.2, 0) is 16.0 Å². The Hall–Kier alpha value is -0.490. The summed E-state index contributed by atoms with van der Waals surface area (Å²) in [5.74, 6) is 0. The third-order valence-corrected chi connectivity index (χ3v) is 4.62. The molecular formula is C13H20N2O2S. The number of hydrogen-bond acceptors (Lipinski definition) is 5. The molecule has 0 saturated carbocycles. The third kappa shape index (κ3) is 2.74. The van der Waals surface area contributed by atoms with E-state index in [9.17, 15) is 0 Å². The molecule has 2 aliphatic rings. The number of hydrogen-bond donors (Lipinski definition) is 1. The first-order chi connectivity index (χ1) is 8.76. The lowest BCUT2D eigenvalue weighted by atomic mass is 9.90. The molecule has 0 radical (unpaired) electrons. The van der Waals surface area contributed by atoms with E-state index >= 15 is 0 Å². The van der Waals surface area contributed by atoms with Crippen molar-refractivity contribution in [2.24, 2.45) is 0 Å². The monoisotopic (exact) mass is 268 g/mol. The van der Waals surface area contributed by atoms with Crippen molar-refractivity contribution in [2.45, 2.75) is 44.4 Å². The van der Waals surface area contributed by atoms with E-state index in [4.69, 9.17) is 9.47 Å². The lowest BCUT2D eigenvalue weighted by Crippen LogP contribution is -2.47. The van der Waals surface area contributed by atoms with Crippen molar-refractivity contribution < 1.29 is 9.47 Å². The van der Waals surface area contributed by atoms with Crippen molar-refractivity contribution in [1.29, 1.82) is 0 Å². The summed E-state index contributed by atoms with van der Waals surface area (Å²) in [7, 11) is 0. The van der Waals surface area contributed by atoms with Crippen LogP contribution in [0.25, 0.3) is 0 Å². The molecule has 2 aliphatic heterocycles. The highest BCUT2D eigenvalue weighted by Crippen LogP contribution is 2.32. The molecule has 4 nitrogen and oxygen atoms in total. The number of rotatable bonds is 3. The average Bonchev–Trinajstić information content (AvgIpc) is 2.97. The van der Waals surface area contributed by atoms with Crippen molar-refractivity contribution in [1.82, 2.24) is 10.3 Å². The molecule has 100 valence electrons. The normalized spacial score (nSPS) is 32.2. The first-order valence-corrected chi connectivity index (χ1v) is 7.50. The maximum atomic E-state index is 5.93. The number of nitrogens with one attached hydrogen (secondary N) is 1. The van der Waals surface area contributed by atoms with Crippen molar-refractivity contribution in [2.75, 3.05) is 19.8 Å². The molecule has 2 unspecified atom stereocenters. The summed E-state index contributed by atoms with van der Waals surface area (Å²) in [5, 5.41) is 6.88. The van der Waals surface area contributed by atoms with Gasteiger partial charge in [0.1, 0.15) is 0 Å². The van der Waals surface area contributed by atoms with Gasteiger partial charge in [-0.2, -0.15) is 0 Å². The number of ether oxygens (including phenoxy) is 2. The summed E-state index contributed by atoms with van der Waals surface area (Å²) >= 11 is 1.71. The Morgan fingerprint density at radius 3 is 3.22 bits per heavy atom. The molecule has 1 aromatic heterocycles. The fraction of sp³-hybridized carbons (Fsp3) is 0.769. The van der Waals surface area contributed by atoms with Gasteiger partial charge >= 0.3 is 0 Å². The van der Waals surface area contributed by atoms with Gasteiger partial charge in [-0.1, -0.05) is 0 Å². The topological polar surface area (TPSA) is 43.4 Å². The molecule has 2 saturated heterocycles. The average molecular weight is 268 g/mol. The summed E-state index contributed by atoms with van der Waals surface area (Å²) in [6, 6.07) is 0.530. The minimum absolute atomic E-state index is 0.00604. The molecule has 1 aromatic rings. The molecule has 1 N–H and O–H groups in total. The van der Waals surface area contributed by atoms with Gasteiger partial charge in [-0.05, 0) is 19.8 Å². The molecule has 5 heteroatoms. The van der Waals surface area contributed by atoms with Crippen molar-refractivity contribution >= 4 is 11.3 Å². The minimum Gasteiger partial charge on any atom is -0.378 e. The lowest BCUT2D eigenvalue weighted by Gasteiger charge is -2.37. The molecule has 1 spiro atoms. The van der Waals surface area contributed by atoms with Gasteiger partial charge < -0.3 is 14.8 Å². The van der Waals surface area contributed by atoms with Gasteiger partial charge in [0.05, 0.1) is 22.9 Å². The van der Waals surface area contributed by atoms with Gasteiger partial charge in [-0.15, -0.1) is 11.3 Å². The van der Waals surface area contributed by atoms with E-state index < -0.39 is 0 Å². The molecule has 18 heavy (non-hydrogen) atoms. The van der Waals surface area contributed by atoms with Gasteiger partial charge in [0.2, 0.25) is 0 Å². The zero-order valence-electron chi connectivity index (χ0n) is 10.8. The van der Waals surface area contributed by atoms with Crippen molar-refractivity contribution in [3.05, 3.63) is 16.1 Å². The zero-order chi connectivity index (χ0) is 12.4. The predicted molar refractivity (Wildman–Crippen MR) is 70.8 cm³/mol. The largest absolute Gasteiger partial charge is 0.378 e. The molecule has 3 rings (SSSR count). The Labute approximate surface area is 112 Å². The summed E-state index contributed by atoms with van der Waals surface area (Å²) in [6.07, 6.45) is 3.20. The number of aromatic nitrogens is 1. The Kier molecular flexibility index (Phi) is 3.66. The minimum atomic E-state index is -0.00604. The van der Waals surface area contributed by atoms with Crippen LogP contribution in [0.1, 0.15) is 30.0 Å². The van der Waals surface area contributed by atoms with E-state index in [-0.39, 0.29) is 5.60 Å². The maximum Gasteiger partial charge on any atom is 0.0951 e. The van der Waals surface area contributed by atoms with Crippen molar-refractivity contribution in [3.8, 4) is 0 Å². The second-order valence-electron chi connectivity index (χ2n) is 5.26. The van der Waals surface area contributed by atoms with Crippen LogP contribution in [0.15, 0.2) is 5.38 Å². The summed E-state index contributed by atoms with van der Waals surface area (Å²) in [4.78, 5) is 4.48. The lowest BCUT2D eigenvalue weighted by molar-refractivity contribution is -0.0895. The van der Waals surface area contributed by atoms with Crippen LogP contribution in [-0.4, -0.2) is 36.4 Å². The highest BCUT2D eigenvalue weighted by Gasteiger charge is 2.40. The Balaban J connectivity index is 1.53. The second-order valence-corrected chi connectivity index (χ2v) is 6.32. The third-order valence-electron chi connectivity index (χ3n) is 3.80. The summed E-state index contributed by atoms with van der Waals surface area (Å²) in [6.45, 7) is 5.37. The Bertz CT molecular complexity index is 401.